The lowest BCUT2D eigenvalue weighted by molar-refractivity contribution is 0.375. The molecule has 0 amide bonds. The van der Waals surface area contributed by atoms with Crippen LogP contribution in [0.25, 0.3) is 0 Å². The summed E-state index contributed by atoms with van der Waals surface area (Å²) >= 11 is 11.7. The lowest BCUT2D eigenvalue weighted by atomic mass is 10.1. The molecule has 0 spiro atoms. The van der Waals surface area contributed by atoms with Gasteiger partial charge in [-0.2, -0.15) is 4.98 Å². The summed E-state index contributed by atoms with van der Waals surface area (Å²) in [5.41, 5.74) is 6.34. The van der Waals surface area contributed by atoms with Crippen molar-refractivity contribution >= 4 is 23.2 Å². The predicted molar refractivity (Wildman–Crippen MR) is 61.5 cm³/mol. The molecule has 0 aliphatic heterocycles. The Morgan fingerprint density at radius 2 is 2.06 bits per heavy atom. The number of benzene rings is 1. The molecule has 0 saturated heterocycles. The molecule has 0 atom stereocenters. The van der Waals surface area contributed by atoms with Crippen LogP contribution in [0.4, 0.5) is 0 Å². The monoisotopic (exact) mass is 257 g/mol. The van der Waals surface area contributed by atoms with Gasteiger partial charge in [0, 0.05) is 6.42 Å². The van der Waals surface area contributed by atoms with Crippen LogP contribution in [0.3, 0.4) is 0 Å². The summed E-state index contributed by atoms with van der Waals surface area (Å²) in [5.74, 6) is 1.01. The Kier molecular flexibility index (Phi) is 3.43. The Labute approximate surface area is 102 Å². The molecule has 0 saturated carbocycles. The molecule has 0 aliphatic rings. The minimum atomic E-state index is 0.244. The zero-order valence-corrected chi connectivity index (χ0v) is 9.79. The SMILES string of the molecule is NCc1nc(Cc2ccc(Cl)c(Cl)c2)no1. The van der Waals surface area contributed by atoms with Gasteiger partial charge in [0.2, 0.25) is 5.89 Å². The second-order valence-electron chi connectivity index (χ2n) is 3.23. The number of rotatable bonds is 3. The van der Waals surface area contributed by atoms with Gasteiger partial charge in [-0.15, -0.1) is 0 Å². The first kappa shape index (κ1) is 11.4. The van der Waals surface area contributed by atoms with Crippen molar-refractivity contribution in [3.05, 3.63) is 45.5 Å². The average molecular weight is 258 g/mol. The molecule has 84 valence electrons. The molecule has 0 unspecified atom stereocenters. The highest BCUT2D eigenvalue weighted by molar-refractivity contribution is 6.42. The number of halogens is 2. The first-order valence-corrected chi connectivity index (χ1v) is 5.40. The number of aromatic nitrogens is 2. The van der Waals surface area contributed by atoms with Gasteiger partial charge in [0.25, 0.3) is 0 Å². The Hall–Kier alpha value is -1.10. The third-order valence-electron chi connectivity index (χ3n) is 2.03. The highest BCUT2D eigenvalue weighted by Crippen LogP contribution is 2.23. The van der Waals surface area contributed by atoms with Crippen LogP contribution in [-0.4, -0.2) is 10.1 Å². The molecule has 0 fully saturated rings. The Morgan fingerprint density at radius 1 is 1.25 bits per heavy atom. The maximum atomic E-state index is 5.90. The lowest BCUT2D eigenvalue weighted by Gasteiger charge is -1.99. The summed E-state index contributed by atoms with van der Waals surface area (Å²) in [7, 11) is 0. The molecule has 0 aliphatic carbocycles. The largest absolute Gasteiger partial charge is 0.338 e. The smallest absolute Gasteiger partial charge is 0.240 e. The van der Waals surface area contributed by atoms with E-state index in [1.807, 2.05) is 6.07 Å². The van der Waals surface area contributed by atoms with Crippen molar-refractivity contribution in [2.75, 3.05) is 0 Å². The van der Waals surface area contributed by atoms with Gasteiger partial charge in [0.1, 0.15) is 0 Å². The van der Waals surface area contributed by atoms with Gasteiger partial charge in [-0.25, -0.2) is 0 Å². The van der Waals surface area contributed by atoms with Gasteiger partial charge < -0.3 is 10.3 Å². The van der Waals surface area contributed by atoms with Gasteiger partial charge in [0.05, 0.1) is 16.6 Å². The van der Waals surface area contributed by atoms with E-state index < -0.39 is 0 Å². The average Bonchev–Trinajstić information content (AvgIpc) is 2.71. The van der Waals surface area contributed by atoms with E-state index in [4.69, 9.17) is 33.5 Å². The summed E-state index contributed by atoms with van der Waals surface area (Å²) in [5, 5.41) is 4.84. The number of nitrogens with two attached hydrogens (primary N) is 1. The van der Waals surface area contributed by atoms with Crippen LogP contribution < -0.4 is 5.73 Å². The van der Waals surface area contributed by atoms with Crippen LogP contribution in [0.5, 0.6) is 0 Å². The molecule has 4 nitrogen and oxygen atoms in total. The van der Waals surface area contributed by atoms with Crippen molar-refractivity contribution in [3.8, 4) is 0 Å². The predicted octanol–water partition coefficient (Wildman–Crippen LogP) is 2.43. The maximum absolute atomic E-state index is 5.90. The fourth-order valence-corrected chi connectivity index (χ4v) is 1.60. The fraction of sp³-hybridized carbons (Fsp3) is 0.200. The molecule has 2 aromatic rings. The quantitative estimate of drug-likeness (QED) is 0.918. The topological polar surface area (TPSA) is 64.9 Å². The first-order chi connectivity index (χ1) is 7.69. The van der Waals surface area contributed by atoms with Gasteiger partial charge in [-0.05, 0) is 17.7 Å². The molecule has 2 N–H and O–H groups in total. The second-order valence-corrected chi connectivity index (χ2v) is 4.05. The van der Waals surface area contributed by atoms with Crippen molar-refractivity contribution in [1.29, 1.82) is 0 Å². The number of nitrogens with zero attached hydrogens (tertiary/aromatic N) is 2. The highest BCUT2D eigenvalue weighted by atomic mass is 35.5. The highest BCUT2D eigenvalue weighted by Gasteiger charge is 2.06. The van der Waals surface area contributed by atoms with Crippen LogP contribution in [0, 0.1) is 0 Å². The van der Waals surface area contributed by atoms with E-state index in [0.29, 0.717) is 28.2 Å². The zero-order valence-electron chi connectivity index (χ0n) is 8.28. The van der Waals surface area contributed by atoms with Gasteiger partial charge in [-0.3, -0.25) is 0 Å². The van der Waals surface area contributed by atoms with E-state index in [2.05, 4.69) is 10.1 Å². The summed E-state index contributed by atoms with van der Waals surface area (Å²) < 4.78 is 4.89. The van der Waals surface area contributed by atoms with Gasteiger partial charge >= 0.3 is 0 Å². The van der Waals surface area contributed by atoms with Crippen LogP contribution in [0.2, 0.25) is 10.0 Å². The minimum Gasteiger partial charge on any atom is -0.338 e. The van der Waals surface area contributed by atoms with E-state index in [9.17, 15) is 0 Å². The zero-order chi connectivity index (χ0) is 11.5. The molecule has 1 heterocycles. The molecule has 1 aromatic carbocycles. The third kappa shape index (κ3) is 2.52. The molecule has 0 radical (unpaired) electrons. The summed E-state index contributed by atoms with van der Waals surface area (Å²) in [4.78, 5) is 4.10. The van der Waals surface area contributed by atoms with Crippen LogP contribution in [0.15, 0.2) is 22.7 Å². The summed E-state index contributed by atoms with van der Waals surface area (Å²) in [6, 6.07) is 5.39. The molecular weight excluding hydrogens is 249 g/mol. The molecular formula is C10H9Cl2N3O. The van der Waals surface area contributed by atoms with Crippen LogP contribution >= 0.6 is 23.2 Å². The van der Waals surface area contributed by atoms with Crippen molar-refractivity contribution in [2.45, 2.75) is 13.0 Å². The van der Waals surface area contributed by atoms with E-state index in [1.54, 1.807) is 12.1 Å². The number of hydrogen-bond donors (Lipinski definition) is 1. The van der Waals surface area contributed by atoms with Crippen LogP contribution in [-0.2, 0) is 13.0 Å². The van der Waals surface area contributed by atoms with Crippen molar-refractivity contribution in [3.63, 3.8) is 0 Å². The fourth-order valence-electron chi connectivity index (χ4n) is 1.28. The first-order valence-electron chi connectivity index (χ1n) is 4.64. The van der Waals surface area contributed by atoms with E-state index >= 15 is 0 Å². The van der Waals surface area contributed by atoms with Crippen LogP contribution in [0.1, 0.15) is 17.3 Å². The minimum absolute atomic E-state index is 0.244. The van der Waals surface area contributed by atoms with Gasteiger partial charge in [0.15, 0.2) is 5.82 Å². The number of hydrogen-bond acceptors (Lipinski definition) is 4. The maximum Gasteiger partial charge on any atom is 0.240 e. The lowest BCUT2D eigenvalue weighted by Crippen LogP contribution is -1.97. The van der Waals surface area contributed by atoms with E-state index in [0.717, 1.165) is 5.56 Å². The van der Waals surface area contributed by atoms with Gasteiger partial charge in [-0.1, -0.05) is 34.4 Å². The Morgan fingerprint density at radius 3 is 2.69 bits per heavy atom. The summed E-state index contributed by atoms with van der Waals surface area (Å²) in [6.45, 7) is 0.244. The van der Waals surface area contributed by atoms with E-state index in [-0.39, 0.29) is 6.54 Å². The normalized spacial score (nSPS) is 10.7. The standard InChI is InChI=1S/C10H9Cl2N3O/c11-7-2-1-6(3-8(7)12)4-9-14-10(5-13)16-15-9/h1-3H,4-5,13H2. The summed E-state index contributed by atoms with van der Waals surface area (Å²) in [6.07, 6.45) is 0.542. The third-order valence-corrected chi connectivity index (χ3v) is 2.77. The molecule has 0 bridgehead atoms. The molecule has 16 heavy (non-hydrogen) atoms. The molecule has 6 heteroatoms. The van der Waals surface area contributed by atoms with Crippen molar-refractivity contribution in [2.24, 2.45) is 5.73 Å². The second kappa shape index (κ2) is 4.82. The Balaban J connectivity index is 2.17. The molecule has 2 rings (SSSR count). The van der Waals surface area contributed by atoms with E-state index in [1.165, 1.54) is 0 Å². The van der Waals surface area contributed by atoms with Crippen molar-refractivity contribution in [1.82, 2.24) is 10.1 Å². The Bertz CT molecular complexity index is 499. The molecule has 1 aromatic heterocycles. The van der Waals surface area contributed by atoms with Crippen molar-refractivity contribution < 1.29 is 4.52 Å².